The fraction of sp³-hybridized carbons (Fsp3) is 0.600. The van der Waals surface area contributed by atoms with Crippen LogP contribution in [-0.4, -0.2) is 30.6 Å². The molecule has 0 spiro atoms. The molecule has 1 aliphatic rings. The zero-order valence-electron chi connectivity index (χ0n) is 11.3. The molecule has 100 valence electrons. The van der Waals surface area contributed by atoms with Crippen molar-refractivity contribution < 1.29 is 4.39 Å². The molecular weight excluding hydrogens is 227 g/mol. The van der Waals surface area contributed by atoms with E-state index in [9.17, 15) is 4.39 Å². The number of benzene rings is 1. The van der Waals surface area contributed by atoms with Crippen LogP contribution in [0.25, 0.3) is 0 Å². The van der Waals surface area contributed by atoms with Crippen molar-refractivity contribution in [3.63, 3.8) is 0 Å². The average molecular weight is 250 g/mol. The molecule has 0 saturated carbocycles. The van der Waals surface area contributed by atoms with E-state index in [0.717, 1.165) is 31.6 Å². The summed E-state index contributed by atoms with van der Waals surface area (Å²) in [5.41, 5.74) is 7.21. The summed E-state index contributed by atoms with van der Waals surface area (Å²) in [6.45, 7) is 7.47. The van der Waals surface area contributed by atoms with Crippen LogP contribution in [0.2, 0.25) is 0 Å². The minimum absolute atomic E-state index is 0.151. The molecule has 0 aliphatic carbocycles. The summed E-state index contributed by atoms with van der Waals surface area (Å²) in [6.07, 6.45) is 0.956. The molecule has 1 aromatic rings. The second-order valence-corrected chi connectivity index (χ2v) is 5.86. The average Bonchev–Trinajstić information content (AvgIpc) is 2.27. The molecular formula is C15H23FN2. The number of halogens is 1. The molecule has 0 amide bonds. The van der Waals surface area contributed by atoms with Crippen LogP contribution in [0.3, 0.4) is 0 Å². The Morgan fingerprint density at radius 2 is 2.17 bits per heavy atom. The van der Waals surface area contributed by atoms with Crippen molar-refractivity contribution in [2.45, 2.75) is 32.2 Å². The van der Waals surface area contributed by atoms with Gasteiger partial charge in [0.1, 0.15) is 5.82 Å². The first kappa shape index (κ1) is 13.5. The summed E-state index contributed by atoms with van der Waals surface area (Å²) in [6, 6.07) is 7.15. The van der Waals surface area contributed by atoms with Crippen LogP contribution in [0.15, 0.2) is 24.3 Å². The Labute approximate surface area is 109 Å². The highest BCUT2D eigenvalue weighted by Gasteiger charge is 2.26. The maximum Gasteiger partial charge on any atom is 0.123 e. The molecule has 3 heteroatoms. The van der Waals surface area contributed by atoms with Gasteiger partial charge in [0.2, 0.25) is 0 Å². The molecule has 2 atom stereocenters. The lowest BCUT2D eigenvalue weighted by Crippen LogP contribution is -2.47. The van der Waals surface area contributed by atoms with Gasteiger partial charge in [0.25, 0.3) is 0 Å². The van der Waals surface area contributed by atoms with Crippen LogP contribution < -0.4 is 5.73 Å². The van der Waals surface area contributed by atoms with Gasteiger partial charge in [0.05, 0.1) is 0 Å². The Kier molecular flexibility index (Phi) is 4.36. The predicted molar refractivity (Wildman–Crippen MR) is 73.0 cm³/mol. The van der Waals surface area contributed by atoms with Crippen LogP contribution in [0, 0.1) is 11.7 Å². The van der Waals surface area contributed by atoms with Crippen molar-refractivity contribution in [3.8, 4) is 0 Å². The first-order valence-electron chi connectivity index (χ1n) is 6.78. The van der Waals surface area contributed by atoms with E-state index in [4.69, 9.17) is 5.73 Å². The third kappa shape index (κ3) is 3.53. The third-order valence-electron chi connectivity index (χ3n) is 3.50. The number of rotatable bonds is 3. The molecule has 0 aromatic heterocycles. The Bertz CT molecular complexity index is 390. The maximum atomic E-state index is 13.3. The number of likely N-dealkylation sites (tertiary alicyclic amines) is 1. The zero-order chi connectivity index (χ0) is 13.1. The summed E-state index contributed by atoms with van der Waals surface area (Å²) in [5.74, 6) is 0.855. The van der Waals surface area contributed by atoms with Gasteiger partial charge in [-0.05, 0) is 36.0 Å². The van der Waals surface area contributed by atoms with Gasteiger partial charge in [-0.2, -0.15) is 0 Å². The summed E-state index contributed by atoms with van der Waals surface area (Å²) >= 11 is 0. The van der Waals surface area contributed by atoms with Crippen molar-refractivity contribution >= 4 is 0 Å². The molecule has 1 fully saturated rings. The van der Waals surface area contributed by atoms with E-state index >= 15 is 0 Å². The molecule has 1 aliphatic heterocycles. The SMILES string of the molecule is CC(C)CN1CC(N)CC(c2cccc(F)c2)C1. The van der Waals surface area contributed by atoms with Crippen molar-refractivity contribution in [1.82, 2.24) is 4.90 Å². The topological polar surface area (TPSA) is 29.3 Å². The van der Waals surface area contributed by atoms with Gasteiger partial charge in [0, 0.05) is 25.7 Å². The van der Waals surface area contributed by atoms with E-state index < -0.39 is 0 Å². The number of hydrogen-bond donors (Lipinski definition) is 1. The predicted octanol–water partition coefficient (Wildman–Crippen LogP) is 2.60. The Morgan fingerprint density at radius 3 is 2.83 bits per heavy atom. The Morgan fingerprint density at radius 1 is 1.39 bits per heavy atom. The second-order valence-electron chi connectivity index (χ2n) is 5.86. The molecule has 2 rings (SSSR count). The molecule has 2 nitrogen and oxygen atoms in total. The first-order valence-corrected chi connectivity index (χ1v) is 6.78. The van der Waals surface area contributed by atoms with Gasteiger partial charge in [0.15, 0.2) is 0 Å². The third-order valence-corrected chi connectivity index (χ3v) is 3.50. The molecule has 1 aromatic carbocycles. The summed E-state index contributed by atoms with van der Waals surface area (Å²) in [5, 5.41) is 0. The lowest BCUT2D eigenvalue weighted by Gasteiger charge is -2.37. The van der Waals surface area contributed by atoms with Crippen LogP contribution >= 0.6 is 0 Å². The van der Waals surface area contributed by atoms with Crippen LogP contribution in [0.5, 0.6) is 0 Å². The number of nitrogens with two attached hydrogens (primary N) is 1. The fourth-order valence-corrected chi connectivity index (χ4v) is 2.90. The van der Waals surface area contributed by atoms with Crippen LogP contribution in [0.1, 0.15) is 31.7 Å². The number of nitrogens with zero attached hydrogens (tertiary/aromatic N) is 1. The van der Waals surface area contributed by atoms with E-state index in [2.05, 4.69) is 18.7 Å². The fourth-order valence-electron chi connectivity index (χ4n) is 2.90. The smallest absolute Gasteiger partial charge is 0.123 e. The van der Waals surface area contributed by atoms with E-state index in [1.807, 2.05) is 6.07 Å². The largest absolute Gasteiger partial charge is 0.327 e. The maximum absolute atomic E-state index is 13.3. The van der Waals surface area contributed by atoms with Gasteiger partial charge in [-0.3, -0.25) is 0 Å². The molecule has 2 unspecified atom stereocenters. The highest BCUT2D eigenvalue weighted by Crippen LogP contribution is 2.27. The quantitative estimate of drug-likeness (QED) is 0.893. The normalized spacial score (nSPS) is 25.6. The monoisotopic (exact) mass is 250 g/mol. The molecule has 0 radical (unpaired) electrons. The van der Waals surface area contributed by atoms with Gasteiger partial charge in [-0.15, -0.1) is 0 Å². The molecule has 1 heterocycles. The Balaban J connectivity index is 2.08. The van der Waals surface area contributed by atoms with Gasteiger partial charge in [-0.25, -0.2) is 4.39 Å². The van der Waals surface area contributed by atoms with Crippen molar-refractivity contribution in [2.75, 3.05) is 19.6 Å². The van der Waals surface area contributed by atoms with Gasteiger partial charge in [-0.1, -0.05) is 26.0 Å². The van der Waals surface area contributed by atoms with E-state index in [-0.39, 0.29) is 11.9 Å². The standard InChI is InChI=1S/C15H23FN2/c1-11(2)8-18-9-13(7-15(17)10-18)12-4-3-5-14(16)6-12/h3-6,11,13,15H,7-10,17H2,1-2H3. The summed E-state index contributed by atoms with van der Waals surface area (Å²) in [7, 11) is 0. The van der Waals surface area contributed by atoms with E-state index in [1.54, 1.807) is 12.1 Å². The minimum Gasteiger partial charge on any atom is -0.327 e. The second kappa shape index (κ2) is 5.81. The molecule has 18 heavy (non-hydrogen) atoms. The Hall–Kier alpha value is -0.930. The van der Waals surface area contributed by atoms with E-state index in [1.165, 1.54) is 6.07 Å². The summed E-state index contributed by atoms with van der Waals surface area (Å²) in [4.78, 5) is 2.41. The lowest BCUT2D eigenvalue weighted by atomic mass is 9.88. The highest BCUT2D eigenvalue weighted by atomic mass is 19.1. The van der Waals surface area contributed by atoms with Crippen LogP contribution in [0.4, 0.5) is 4.39 Å². The zero-order valence-corrected chi connectivity index (χ0v) is 11.3. The molecule has 2 N–H and O–H groups in total. The van der Waals surface area contributed by atoms with E-state index in [0.29, 0.717) is 11.8 Å². The van der Waals surface area contributed by atoms with Crippen molar-refractivity contribution in [3.05, 3.63) is 35.6 Å². The first-order chi connectivity index (χ1) is 8.54. The molecule has 0 bridgehead atoms. The minimum atomic E-state index is -0.151. The van der Waals surface area contributed by atoms with Crippen molar-refractivity contribution in [1.29, 1.82) is 0 Å². The van der Waals surface area contributed by atoms with Crippen LogP contribution in [-0.2, 0) is 0 Å². The summed E-state index contributed by atoms with van der Waals surface area (Å²) < 4.78 is 13.3. The van der Waals surface area contributed by atoms with Crippen molar-refractivity contribution in [2.24, 2.45) is 11.7 Å². The van der Waals surface area contributed by atoms with Gasteiger partial charge >= 0.3 is 0 Å². The van der Waals surface area contributed by atoms with Gasteiger partial charge < -0.3 is 10.6 Å². The number of hydrogen-bond acceptors (Lipinski definition) is 2. The lowest BCUT2D eigenvalue weighted by molar-refractivity contribution is 0.171. The number of piperidine rings is 1. The molecule has 1 saturated heterocycles. The highest BCUT2D eigenvalue weighted by molar-refractivity contribution is 5.22.